The van der Waals surface area contributed by atoms with Gasteiger partial charge in [0.05, 0.1) is 18.8 Å². The molecule has 78 valence electrons. The predicted octanol–water partition coefficient (Wildman–Crippen LogP) is 1.92. The summed E-state index contributed by atoms with van der Waals surface area (Å²) in [5.41, 5.74) is 0. The zero-order valence-corrected chi connectivity index (χ0v) is 8.55. The van der Waals surface area contributed by atoms with E-state index in [1.807, 2.05) is 19.1 Å². The zero-order chi connectivity index (χ0) is 10.5. The first kappa shape index (κ1) is 9.86. The van der Waals surface area contributed by atoms with Crippen LogP contribution in [-0.2, 0) is 6.54 Å². The molecule has 2 heterocycles. The van der Waals surface area contributed by atoms with E-state index in [2.05, 4.69) is 15.3 Å². The molecule has 0 aliphatic carbocycles. The molecule has 0 aliphatic heterocycles. The molecule has 0 amide bonds. The smallest absolute Gasteiger partial charge is 0.141 e. The number of aromatic nitrogens is 2. The van der Waals surface area contributed by atoms with Crippen molar-refractivity contribution in [3.8, 4) is 0 Å². The van der Waals surface area contributed by atoms with Crippen molar-refractivity contribution in [1.29, 1.82) is 0 Å². The molecule has 4 heteroatoms. The highest BCUT2D eigenvalue weighted by Gasteiger charge is 2.07. The molecule has 2 aromatic heterocycles. The average Bonchev–Trinajstić information content (AvgIpc) is 2.81. The zero-order valence-electron chi connectivity index (χ0n) is 8.55. The van der Waals surface area contributed by atoms with Crippen molar-refractivity contribution in [3.05, 3.63) is 48.4 Å². The molecule has 0 fully saturated rings. The molecule has 0 saturated heterocycles. The van der Waals surface area contributed by atoms with Crippen molar-refractivity contribution in [2.45, 2.75) is 19.5 Å². The number of nitrogens with zero attached hydrogens (tertiary/aromatic N) is 2. The Kier molecular flexibility index (Phi) is 3.09. The van der Waals surface area contributed by atoms with Crippen molar-refractivity contribution in [2.24, 2.45) is 0 Å². The van der Waals surface area contributed by atoms with Crippen molar-refractivity contribution in [1.82, 2.24) is 15.3 Å². The lowest BCUT2D eigenvalue weighted by atomic mass is 10.2. The maximum absolute atomic E-state index is 5.28. The lowest BCUT2D eigenvalue weighted by Gasteiger charge is -2.09. The quantitative estimate of drug-likeness (QED) is 0.824. The van der Waals surface area contributed by atoms with E-state index in [9.17, 15) is 0 Å². The van der Waals surface area contributed by atoms with Gasteiger partial charge in [0.25, 0.3) is 0 Å². The van der Waals surface area contributed by atoms with Crippen LogP contribution in [0, 0.1) is 0 Å². The van der Waals surface area contributed by atoms with Gasteiger partial charge in [-0.25, -0.2) is 9.97 Å². The van der Waals surface area contributed by atoms with Gasteiger partial charge < -0.3 is 9.73 Å². The normalized spacial score (nSPS) is 12.6. The Morgan fingerprint density at radius 3 is 2.80 bits per heavy atom. The van der Waals surface area contributed by atoms with E-state index in [-0.39, 0.29) is 6.04 Å². The molecular formula is C11H13N3O. The number of hydrogen-bond acceptors (Lipinski definition) is 4. The molecular weight excluding hydrogens is 190 g/mol. The molecule has 4 nitrogen and oxygen atoms in total. The van der Waals surface area contributed by atoms with Crippen molar-refractivity contribution in [2.75, 3.05) is 0 Å². The molecule has 0 spiro atoms. The lowest BCUT2D eigenvalue weighted by molar-refractivity contribution is 0.427. The molecule has 0 aliphatic rings. The SMILES string of the molecule is CC(NCc1ncccn1)c1ccco1. The van der Waals surface area contributed by atoms with Crippen LogP contribution in [0.1, 0.15) is 24.6 Å². The molecule has 2 aromatic rings. The van der Waals surface area contributed by atoms with Crippen LogP contribution in [0.2, 0.25) is 0 Å². The summed E-state index contributed by atoms with van der Waals surface area (Å²) in [5.74, 6) is 1.71. The summed E-state index contributed by atoms with van der Waals surface area (Å²) in [5, 5.41) is 3.28. The highest BCUT2D eigenvalue weighted by Crippen LogP contribution is 2.12. The van der Waals surface area contributed by atoms with Crippen LogP contribution in [0.5, 0.6) is 0 Å². The van der Waals surface area contributed by atoms with Crippen LogP contribution in [0.4, 0.5) is 0 Å². The molecule has 1 N–H and O–H groups in total. The summed E-state index contributed by atoms with van der Waals surface area (Å²) >= 11 is 0. The van der Waals surface area contributed by atoms with Gasteiger partial charge >= 0.3 is 0 Å². The first-order chi connectivity index (χ1) is 7.36. The molecule has 0 radical (unpaired) electrons. The Bertz CT molecular complexity index is 385. The second-order valence-corrected chi connectivity index (χ2v) is 3.28. The molecule has 0 saturated carbocycles. The third-order valence-electron chi connectivity index (χ3n) is 2.16. The fourth-order valence-corrected chi connectivity index (χ4v) is 1.30. The van der Waals surface area contributed by atoms with Gasteiger partial charge in [0.2, 0.25) is 0 Å². The standard InChI is InChI=1S/C11H13N3O/c1-9(10-4-2-7-15-10)14-8-11-12-5-3-6-13-11/h2-7,9,14H,8H2,1H3. The summed E-state index contributed by atoms with van der Waals surface area (Å²) in [4.78, 5) is 8.26. The molecule has 2 rings (SSSR count). The van der Waals surface area contributed by atoms with Crippen LogP contribution in [-0.4, -0.2) is 9.97 Å². The van der Waals surface area contributed by atoms with Gasteiger partial charge in [-0.3, -0.25) is 0 Å². The minimum atomic E-state index is 0.170. The van der Waals surface area contributed by atoms with Crippen LogP contribution >= 0.6 is 0 Å². The summed E-state index contributed by atoms with van der Waals surface area (Å²) in [6.07, 6.45) is 5.15. The summed E-state index contributed by atoms with van der Waals surface area (Å²) in [7, 11) is 0. The third-order valence-corrected chi connectivity index (χ3v) is 2.16. The lowest BCUT2D eigenvalue weighted by Crippen LogP contribution is -2.18. The van der Waals surface area contributed by atoms with Gasteiger partial charge in [-0.15, -0.1) is 0 Å². The Morgan fingerprint density at radius 2 is 2.13 bits per heavy atom. The Balaban J connectivity index is 1.89. The minimum Gasteiger partial charge on any atom is -0.468 e. The van der Waals surface area contributed by atoms with Crippen molar-refractivity contribution >= 4 is 0 Å². The van der Waals surface area contributed by atoms with E-state index in [0.717, 1.165) is 11.6 Å². The van der Waals surface area contributed by atoms with Gasteiger partial charge in [-0.2, -0.15) is 0 Å². The third kappa shape index (κ3) is 2.63. The van der Waals surface area contributed by atoms with E-state index in [1.54, 1.807) is 24.7 Å². The average molecular weight is 203 g/mol. The second kappa shape index (κ2) is 4.70. The first-order valence-corrected chi connectivity index (χ1v) is 4.89. The summed E-state index contributed by atoms with van der Waals surface area (Å²) in [6, 6.07) is 5.80. The molecule has 0 bridgehead atoms. The highest BCUT2D eigenvalue weighted by atomic mass is 16.3. The van der Waals surface area contributed by atoms with E-state index < -0.39 is 0 Å². The Hall–Kier alpha value is -1.68. The van der Waals surface area contributed by atoms with Gasteiger partial charge in [0, 0.05) is 12.4 Å². The van der Waals surface area contributed by atoms with Gasteiger partial charge in [-0.05, 0) is 25.1 Å². The fourth-order valence-electron chi connectivity index (χ4n) is 1.30. The summed E-state index contributed by atoms with van der Waals surface area (Å²) in [6.45, 7) is 2.68. The molecule has 15 heavy (non-hydrogen) atoms. The maximum Gasteiger partial charge on any atom is 0.141 e. The van der Waals surface area contributed by atoms with Crippen molar-refractivity contribution < 1.29 is 4.42 Å². The van der Waals surface area contributed by atoms with E-state index >= 15 is 0 Å². The molecule has 1 unspecified atom stereocenters. The maximum atomic E-state index is 5.28. The Morgan fingerprint density at radius 1 is 1.33 bits per heavy atom. The van der Waals surface area contributed by atoms with Gasteiger partial charge in [0.1, 0.15) is 11.6 Å². The van der Waals surface area contributed by atoms with Crippen LogP contribution < -0.4 is 5.32 Å². The van der Waals surface area contributed by atoms with Crippen LogP contribution in [0.3, 0.4) is 0 Å². The van der Waals surface area contributed by atoms with Crippen LogP contribution in [0.15, 0.2) is 41.3 Å². The number of rotatable bonds is 4. The fraction of sp³-hybridized carbons (Fsp3) is 0.273. The highest BCUT2D eigenvalue weighted by molar-refractivity contribution is 5.03. The van der Waals surface area contributed by atoms with Gasteiger partial charge in [0.15, 0.2) is 0 Å². The Labute approximate surface area is 88.4 Å². The summed E-state index contributed by atoms with van der Waals surface area (Å²) < 4.78 is 5.28. The van der Waals surface area contributed by atoms with E-state index in [1.165, 1.54) is 0 Å². The minimum absolute atomic E-state index is 0.170. The monoisotopic (exact) mass is 203 g/mol. The second-order valence-electron chi connectivity index (χ2n) is 3.28. The van der Waals surface area contributed by atoms with E-state index in [4.69, 9.17) is 4.42 Å². The van der Waals surface area contributed by atoms with Gasteiger partial charge in [-0.1, -0.05) is 0 Å². The predicted molar refractivity (Wildman–Crippen MR) is 56.0 cm³/mol. The number of furan rings is 1. The van der Waals surface area contributed by atoms with E-state index in [0.29, 0.717) is 6.54 Å². The molecule has 0 aromatic carbocycles. The topological polar surface area (TPSA) is 51.0 Å². The largest absolute Gasteiger partial charge is 0.468 e. The molecule has 1 atom stereocenters. The number of nitrogens with one attached hydrogen (secondary N) is 1. The van der Waals surface area contributed by atoms with Crippen molar-refractivity contribution in [3.63, 3.8) is 0 Å². The first-order valence-electron chi connectivity index (χ1n) is 4.89. The number of hydrogen-bond donors (Lipinski definition) is 1. The van der Waals surface area contributed by atoms with Crippen LogP contribution in [0.25, 0.3) is 0 Å².